The molecule has 19 heavy (non-hydrogen) atoms. The number of benzene rings is 1. The third-order valence-electron chi connectivity index (χ3n) is 3.41. The van der Waals surface area contributed by atoms with E-state index in [1.807, 2.05) is 11.9 Å². The number of likely N-dealkylation sites (N-methyl/N-ethyl adjacent to an activating group) is 1. The summed E-state index contributed by atoms with van der Waals surface area (Å²) >= 11 is 0. The van der Waals surface area contributed by atoms with Gasteiger partial charge < -0.3 is 10.2 Å². The van der Waals surface area contributed by atoms with E-state index in [4.69, 9.17) is 0 Å². The molecule has 0 spiro atoms. The number of amides is 1. The Balaban J connectivity index is 1.96. The van der Waals surface area contributed by atoms with E-state index in [-0.39, 0.29) is 11.7 Å². The minimum absolute atomic E-state index is 0.00999. The van der Waals surface area contributed by atoms with Gasteiger partial charge in [0.2, 0.25) is 5.91 Å². The van der Waals surface area contributed by atoms with Gasteiger partial charge in [0, 0.05) is 25.2 Å². The highest BCUT2D eigenvalue weighted by atomic mass is 19.1. The first kappa shape index (κ1) is 13.7. The van der Waals surface area contributed by atoms with Crippen LogP contribution in [0, 0.1) is 5.82 Å². The van der Waals surface area contributed by atoms with Gasteiger partial charge in [-0.05, 0) is 43.7 Å². The topological polar surface area (TPSA) is 32.3 Å². The SMILES string of the molecule is CNC1CCCN(C(=O)/C=C/c2cccc(F)c2)C1. The molecular formula is C15H19FN2O. The van der Waals surface area contributed by atoms with Gasteiger partial charge in [-0.1, -0.05) is 12.1 Å². The average molecular weight is 262 g/mol. The maximum Gasteiger partial charge on any atom is 0.246 e. The van der Waals surface area contributed by atoms with Crippen LogP contribution in [-0.2, 0) is 4.79 Å². The number of rotatable bonds is 3. The number of nitrogens with one attached hydrogen (secondary N) is 1. The van der Waals surface area contributed by atoms with Crippen molar-refractivity contribution >= 4 is 12.0 Å². The Bertz CT molecular complexity index is 473. The molecule has 0 aliphatic carbocycles. The van der Waals surface area contributed by atoms with Crippen LogP contribution in [0.25, 0.3) is 6.08 Å². The fourth-order valence-electron chi connectivity index (χ4n) is 2.30. The van der Waals surface area contributed by atoms with Crippen LogP contribution in [0.15, 0.2) is 30.3 Å². The van der Waals surface area contributed by atoms with Crippen molar-refractivity contribution in [2.24, 2.45) is 0 Å². The van der Waals surface area contributed by atoms with Crippen LogP contribution in [0.5, 0.6) is 0 Å². The van der Waals surface area contributed by atoms with E-state index in [2.05, 4.69) is 5.32 Å². The molecule has 102 valence electrons. The van der Waals surface area contributed by atoms with Gasteiger partial charge in [0.25, 0.3) is 0 Å². The Labute approximate surface area is 113 Å². The number of hydrogen-bond acceptors (Lipinski definition) is 2. The molecule has 1 heterocycles. The summed E-state index contributed by atoms with van der Waals surface area (Å²) in [5.74, 6) is -0.299. The average Bonchev–Trinajstić information content (AvgIpc) is 2.45. The summed E-state index contributed by atoms with van der Waals surface area (Å²) in [6.45, 7) is 1.54. The van der Waals surface area contributed by atoms with Gasteiger partial charge in [-0.3, -0.25) is 4.79 Å². The van der Waals surface area contributed by atoms with E-state index < -0.39 is 0 Å². The summed E-state index contributed by atoms with van der Waals surface area (Å²) in [5, 5.41) is 3.20. The van der Waals surface area contributed by atoms with Crippen molar-refractivity contribution in [3.63, 3.8) is 0 Å². The van der Waals surface area contributed by atoms with Gasteiger partial charge in [0.15, 0.2) is 0 Å². The Morgan fingerprint density at radius 1 is 1.53 bits per heavy atom. The standard InChI is InChI=1S/C15H19FN2O/c1-17-14-6-3-9-18(11-14)15(19)8-7-12-4-2-5-13(16)10-12/h2,4-5,7-8,10,14,17H,3,6,9,11H2,1H3/b8-7+. The smallest absolute Gasteiger partial charge is 0.246 e. The second-order valence-corrected chi connectivity index (χ2v) is 4.80. The van der Waals surface area contributed by atoms with E-state index in [1.165, 1.54) is 18.2 Å². The lowest BCUT2D eigenvalue weighted by Crippen LogP contribution is -2.46. The van der Waals surface area contributed by atoms with Gasteiger partial charge >= 0.3 is 0 Å². The van der Waals surface area contributed by atoms with E-state index in [0.29, 0.717) is 11.6 Å². The number of likely N-dealkylation sites (tertiary alicyclic amines) is 1. The fraction of sp³-hybridized carbons (Fsp3) is 0.400. The third kappa shape index (κ3) is 3.89. The Kier molecular flexibility index (Phi) is 4.68. The summed E-state index contributed by atoms with van der Waals surface area (Å²) in [7, 11) is 1.92. The zero-order valence-corrected chi connectivity index (χ0v) is 11.1. The predicted octanol–water partition coefficient (Wildman–Crippen LogP) is 2.05. The summed E-state index contributed by atoms with van der Waals surface area (Å²) < 4.78 is 13.0. The van der Waals surface area contributed by atoms with Crippen molar-refractivity contribution < 1.29 is 9.18 Å². The Hall–Kier alpha value is -1.68. The lowest BCUT2D eigenvalue weighted by atomic mass is 10.1. The molecule has 0 aromatic heterocycles. The van der Waals surface area contributed by atoms with Crippen LogP contribution < -0.4 is 5.32 Å². The summed E-state index contributed by atoms with van der Waals surface area (Å²) in [4.78, 5) is 13.9. The molecule has 0 saturated carbocycles. The van der Waals surface area contributed by atoms with Crippen molar-refractivity contribution in [3.8, 4) is 0 Å². The van der Waals surface area contributed by atoms with Crippen molar-refractivity contribution in [2.45, 2.75) is 18.9 Å². The number of nitrogens with zero attached hydrogens (tertiary/aromatic N) is 1. The van der Waals surface area contributed by atoms with Crippen molar-refractivity contribution in [3.05, 3.63) is 41.7 Å². The number of carbonyl (C=O) groups is 1. The number of piperidine rings is 1. The zero-order chi connectivity index (χ0) is 13.7. The van der Waals surface area contributed by atoms with E-state index in [0.717, 1.165) is 25.9 Å². The second-order valence-electron chi connectivity index (χ2n) is 4.80. The van der Waals surface area contributed by atoms with Crippen molar-refractivity contribution in [1.82, 2.24) is 10.2 Å². The van der Waals surface area contributed by atoms with Gasteiger partial charge in [-0.15, -0.1) is 0 Å². The summed E-state index contributed by atoms with van der Waals surface area (Å²) in [5.41, 5.74) is 0.704. The van der Waals surface area contributed by atoms with Crippen LogP contribution in [0.2, 0.25) is 0 Å². The van der Waals surface area contributed by atoms with Gasteiger partial charge in [0.05, 0.1) is 0 Å². The quantitative estimate of drug-likeness (QED) is 0.846. The number of carbonyl (C=O) groups excluding carboxylic acids is 1. The second kappa shape index (κ2) is 6.48. The third-order valence-corrected chi connectivity index (χ3v) is 3.41. The molecule has 1 aromatic carbocycles. The van der Waals surface area contributed by atoms with Crippen molar-refractivity contribution in [2.75, 3.05) is 20.1 Å². The molecule has 0 bridgehead atoms. The van der Waals surface area contributed by atoms with Crippen molar-refractivity contribution in [1.29, 1.82) is 0 Å². The molecule has 1 aromatic rings. The highest BCUT2D eigenvalue weighted by Gasteiger charge is 2.20. The molecule has 1 aliphatic heterocycles. The predicted molar refractivity (Wildman–Crippen MR) is 74.1 cm³/mol. The normalized spacial score (nSPS) is 19.9. The molecule has 0 radical (unpaired) electrons. The molecular weight excluding hydrogens is 243 g/mol. The summed E-state index contributed by atoms with van der Waals surface area (Å²) in [6.07, 6.45) is 5.31. The molecule has 1 fully saturated rings. The molecule has 1 unspecified atom stereocenters. The van der Waals surface area contributed by atoms with E-state index in [1.54, 1.807) is 18.2 Å². The maximum atomic E-state index is 13.0. The Morgan fingerprint density at radius 3 is 3.11 bits per heavy atom. The largest absolute Gasteiger partial charge is 0.338 e. The number of hydrogen-bond donors (Lipinski definition) is 1. The molecule has 1 saturated heterocycles. The highest BCUT2D eigenvalue weighted by Crippen LogP contribution is 2.11. The molecule has 1 atom stereocenters. The maximum absolute atomic E-state index is 13.0. The molecule has 1 amide bonds. The first-order chi connectivity index (χ1) is 9.19. The van der Waals surface area contributed by atoms with Crippen LogP contribution >= 0.6 is 0 Å². The van der Waals surface area contributed by atoms with Crippen LogP contribution in [0.1, 0.15) is 18.4 Å². The van der Waals surface area contributed by atoms with Gasteiger partial charge in [0.1, 0.15) is 5.82 Å². The van der Waals surface area contributed by atoms with Gasteiger partial charge in [-0.25, -0.2) is 4.39 Å². The summed E-state index contributed by atoms with van der Waals surface area (Å²) in [6, 6.07) is 6.59. The molecule has 3 nitrogen and oxygen atoms in total. The van der Waals surface area contributed by atoms with E-state index >= 15 is 0 Å². The lowest BCUT2D eigenvalue weighted by Gasteiger charge is -2.31. The monoisotopic (exact) mass is 262 g/mol. The first-order valence-electron chi connectivity index (χ1n) is 6.59. The van der Waals surface area contributed by atoms with Crippen LogP contribution in [-0.4, -0.2) is 37.0 Å². The highest BCUT2D eigenvalue weighted by molar-refractivity contribution is 5.91. The molecule has 1 aliphatic rings. The van der Waals surface area contributed by atoms with E-state index in [9.17, 15) is 9.18 Å². The molecule has 4 heteroatoms. The fourth-order valence-corrected chi connectivity index (χ4v) is 2.30. The minimum Gasteiger partial charge on any atom is -0.338 e. The zero-order valence-electron chi connectivity index (χ0n) is 11.1. The number of halogens is 1. The Morgan fingerprint density at radius 2 is 2.37 bits per heavy atom. The molecule has 2 rings (SSSR count). The van der Waals surface area contributed by atoms with Gasteiger partial charge in [-0.2, -0.15) is 0 Å². The first-order valence-corrected chi connectivity index (χ1v) is 6.59. The molecule has 1 N–H and O–H groups in total. The minimum atomic E-state index is -0.289. The van der Waals surface area contributed by atoms with Crippen LogP contribution in [0.3, 0.4) is 0 Å². The lowest BCUT2D eigenvalue weighted by molar-refractivity contribution is -0.127. The van der Waals surface area contributed by atoms with Crippen LogP contribution in [0.4, 0.5) is 4.39 Å².